The van der Waals surface area contributed by atoms with Crippen molar-refractivity contribution in [1.29, 1.82) is 0 Å². The van der Waals surface area contributed by atoms with Crippen molar-refractivity contribution in [2.24, 2.45) is 0 Å². The van der Waals surface area contributed by atoms with E-state index in [1.165, 1.54) is 31.4 Å². The lowest BCUT2D eigenvalue weighted by atomic mass is 9.94. The molecule has 3 aromatic carbocycles. The third kappa shape index (κ3) is 4.56. The number of carbonyl (C=O) groups excluding carboxylic acids is 1. The highest BCUT2D eigenvalue weighted by Gasteiger charge is 2.24. The second-order valence-electron chi connectivity index (χ2n) is 9.94. The normalized spacial score (nSPS) is 14.7. The van der Waals surface area contributed by atoms with Crippen LogP contribution in [0.1, 0.15) is 54.2 Å². The van der Waals surface area contributed by atoms with Crippen LogP contribution in [0.5, 0.6) is 0 Å². The summed E-state index contributed by atoms with van der Waals surface area (Å²) < 4.78 is 29.9. The minimum absolute atomic E-state index is 0.0410. The summed E-state index contributed by atoms with van der Waals surface area (Å²) >= 11 is 0. The minimum atomic E-state index is -3.98. The van der Waals surface area contributed by atoms with Crippen molar-refractivity contribution in [1.82, 2.24) is 19.3 Å². The number of fused-ring (bicyclic) bond motifs is 2. The number of benzene rings is 3. The number of amides is 1. The number of rotatable bonds is 5. The largest absolute Gasteiger partial charge is 0.321 e. The van der Waals surface area contributed by atoms with Gasteiger partial charge in [0.05, 0.1) is 15.9 Å². The summed E-state index contributed by atoms with van der Waals surface area (Å²) in [7, 11) is -3.98. The molecule has 0 radical (unpaired) electrons. The van der Waals surface area contributed by atoms with Crippen molar-refractivity contribution in [3.05, 3.63) is 90.3 Å². The minimum Gasteiger partial charge on any atom is -0.321 e. The Labute approximate surface area is 221 Å². The molecule has 2 heterocycles. The molecule has 1 fully saturated rings. The van der Waals surface area contributed by atoms with Crippen LogP contribution in [0.15, 0.2) is 83.9 Å². The maximum Gasteiger partial charge on any atom is 0.265 e. The number of imidazole rings is 1. The van der Waals surface area contributed by atoms with E-state index in [9.17, 15) is 13.2 Å². The van der Waals surface area contributed by atoms with Crippen molar-refractivity contribution < 1.29 is 13.2 Å². The molecule has 1 aliphatic carbocycles. The Morgan fingerprint density at radius 2 is 1.71 bits per heavy atom. The van der Waals surface area contributed by atoms with Crippen LogP contribution in [0.25, 0.3) is 33.2 Å². The van der Waals surface area contributed by atoms with Crippen LogP contribution in [0.3, 0.4) is 0 Å². The van der Waals surface area contributed by atoms with Gasteiger partial charge in [-0.05, 0) is 67.6 Å². The van der Waals surface area contributed by atoms with Gasteiger partial charge in [0.25, 0.3) is 15.9 Å². The predicted molar refractivity (Wildman–Crippen MR) is 148 cm³/mol. The Balaban J connectivity index is 1.42. The van der Waals surface area contributed by atoms with Crippen molar-refractivity contribution in [3.8, 4) is 11.4 Å². The molecule has 1 amide bonds. The summed E-state index contributed by atoms with van der Waals surface area (Å²) in [5, 5.41) is 2.17. The van der Waals surface area contributed by atoms with Crippen LogP contribution in [-0.4, -0.2) is 28.9 Å². The molecule has 7 nitrogen and oxygen atoms in total. The van der Waals surface area contributed by atoms with Gasteiger partial charge in [-0.15, -0.1) is 0 Å². The van der Waals surface area contributed by atoms with Crippen LogP contribution in [-0.2, 0) is 10.0 Å². The second-order valence-corrected chi connectivity index (χ2v) is 11.6. The fraction of sp³-hybridized carbons (Fsp3) is 0.233. The molecule has 5 aromatic rings. The molecule has 6 rings (SSSR count). The number of aromatic nitrogens is 3. The summed E-state index contributed by atoms with van der Waals surface area (Å²) in [5.74, 6) is 0.167. The third-order valence-electron chi connectivity index (χ3n) is 7.29. The van der Waals surface area contributed by atoms with E-state index in [0.29, 0.717) is 11.6 Å². The van der Waals surface area contributed by atoms with Crippen molar-refractivity contribution in [3.63, 3.8) is 0 Å². The number of nitrogens with one attached hydrogen (secondary N) is 1. The molecule has 38 heavy (non-hydrogen) atoms. The molecule has 0 atom stereocenters. The zero-order valence-electron chi connectivity index (χ0n) is 21.1. The zero-order chi connectivity index (χ0) is 26.3. The second kappa shape index (κ2) is 9.68. The van der Waals surface area contributed by atoms with E-state index in [0.717, 1.165) is 46.2 Å². The van der Waals surface area contributed by atoms with E-state index in [4.69, 9.17) is 4.98 Å². The molecule has 1 aliphatic rings. The summed E-state index contributed by atoms with van der Waals surface area (Å²) in [4.78, 5) is 22.5. The maximum absolute atomic E-state index is 13.0. The summed E-state index contributed by atoms with van der Waals surface area (Å²) in [5.41, 5.74) is 3.81. The Bertz CT molecular complexity index is 1770. The van der Waals surface area contributed by atoms with E-state index in [1.807, 2.05) is 19.2 Å². The molecule has 0 bridgehead atoms. The van der Waals surface area contributed by atoms with Crippen LogP contribution in [0.4, 0.5) is 0 Å². The van der Waals surface area contributed by atoms with Gasteiger partial charge in [0.2, 0.25) is 0 Å². The Morgan fingerprint density at radius 3 is 2.50 bits per heavy atom. The van der Waals surface area contributed by atoms with Crippen LogP contribution < -0.4 is 4.72 Å². The molecular weight excluding hydrogens is 496 g/mol. The molecular formula is C30H28N4O3S. The van der Waals surface area contributed by atoms with Gasteiger partial charge in [0, 0.05) is 34.4 Å². The SMILES string of the molecule is Cc1cc2ccc(-c3nc4cc(C(=O)NS(=O)(=O)c5ccccc5)ccc4n3C3CCCCC3)cc2cn1. The van der Waals surface area contributed by atoms with Crippen molar-refractivity contribution >= 4 is 37.7 Å². The van der Waals surface area contributed by atoms with Gasteiger partial charge in [-0.2, -0.15) is 0 Å². The number of hydrogen-bond donors (Lipinski definition) is 1. The Hall–Kier alpha value is -4.04. The fourth-order valence-corrected chi connectivity index (χ4v) is 6.38. The Morgan fingerprint density at radius 1 is 0.921 bits per heavy atom. The first-order valence-electron chi connectivity index (χ1n) is 12.9. The summed E-state index contributed by atoms with van der Waals surface area (Å²) in [6, 6.07) is 21.8. The molecule has 0 aliphatic heterocycles. The van der Waals surface area contributed by atoms with Crippen molar-refractivity contribution in [2.75, 3.05) is 0 Å². The first-order chi connectivity index (χ1) is 18.4. The van der Waals surface area contributed by atoms with Gasteiger partial charge in [-0.25, -0.2) is 18.1 Å². The van der Waals surface area contributed by atoms with Gasteiger partial charge < -0.3 is 4.57 Å². The topological polar surface area (TPSA) is 94.0 Å². The van der Waals surface area contributed by atoms with Gasteiger partial charge in [-0.3, -0.25) is 9.78 Å². The highest BCUT2D eigenvalue weighted by atomic mass is 32.2. The monoisotopic (exact) mass is 524 g/mol. The lowest BCUT2D eigenvalue weighted by molar-refractivity contribution is 0.0981. The first kappa shape index (κ1) is 24.3. The van der Waals surface area contributed by atoms with Crippen LogP contribution in [0.2, 0.25) is 0 Å². The lowest BCUT2D eigenvalue weighted by Crippen LogP contribution is -2.30. The molecule has 192 valence electrons. The van der Waals surface area contributed by atoms with E-state index in [2.05, 4.69) is 38.5 Å². The summed E-state index contributed by atoms with van der Waals surface area (Å²) in [6.45, 7) is 1.98. The maximum atomic E-state index is 13.0. The van der Waals surface area contributed by atoms with Gasteiger partial charge in [0.1, 0.15) is 5.82 Å². The lowest BCUT2D eigenvalue weighted by Gasteiger charge is -2.25. The quantitative estimate of drug-likeness (QED) is 0.296. The van der Waals surface area contributed by atoms with Crippen LogP contribution >= 0.6 is 0 Å². The van der Waals surface area contributed by atoms with Gasteiger partial charge >= 0.3 is 0 Å². The van der Waals surface area contributed by atoms with E-state index in [-0.39, 0.29) is 10.5 Å². The van der Waals surface area contributed by atoms with Crippen LogP contribution in [0, 0.1) is 6.92 Å². The molecule has 8 heteroatoms. The van der Waals surface area contributed by atoms with Crippen molar-refractivity contribution in [2.45, 2.75) is 50.0 Å². The highest BCUT2D eigenvalue weighted by Crippen LogP contribution is 2.37. The molecule has 1 N–H and O–H groups in total. The van der Waals surface area contributed by atoms with E-state index < -0.39 is 15.9 Å². The molecule has 2 aromatic heterocycles. The molecule has 0 saturated heterocycles. The number of nitrogens with zero attached hydrogens (tertiary/aromatic N) is 3. The number of hydrogen-bond acceptors (Lipinski definition) is 5. The fourth-order valence-electron chi connectivity index (χ4n) is 5.38. The average Bonchev–Trinajstić information content (AvgIpc) is 3.32. The Kier molecular flexibility index (Phi) is 6.19. The summed E-state index contributed by atoms with van der Waals surface area (Å²) in [6.07, 6.45) is 7.61. The molecule has 0 spiro atoms. The predicted octanol–water partition coefficient (Wildman–Crippen LogP) is 6.18. The smallest absolute Gasteiger partial charge is 0.265 e. The highest BCUT2D eigenvalue weighted by molar-refractivity contribution is 7.90. The van der Waals surface area contributed by atoms with Gasteiger partial charge in [0.15, 0.2) is 0 Å². The number of sulfonamides is 1. The van der Waals surface area contributed by atoms with Gasteiger partial charge in [-0.1, -0.05) is 49.6 Å². The number of pyridine rings is 1. The zero-order valence-corrected chi connectivity index (χ0v) is 21.9. The molecule has 0 unspecified atom stereocenters. The molecule has 1 saturated carbocycles. The standard InChI is InChI=1S/C30H28N4O3S/c1-20-16-21-12-13-22(17-24(21)19-31-20)29-32-27-18-23(14-15-28(27)34(29)25-8-4-2-5-9-25)30(35)33-38(36,37)26-10-6-3-7-11-26/h3,6-7,10-19,25H,2,4-5,8-9H2,1H3,(H,33,35). The average molecular weight is 525 g/mol. The number of aryl methyl sites for hydroxylation is 1. The van der Waals surface area contributed by atoms with E-state index >= 15 is 0 Å². The van der Waals surface area contributed by atoms with E-state index in [1.54, 1.807) is 30.3 Å². The first-order valence-corrected chi connectivity index (χ1v) is 14.4. The number of carbonyl (C=O) groups is 1. The third-order valence-corrected chi connectivity index (χ3v) is 8.64.